The number of amides is 1. The van der Waals surface area contributed by atoms with Crippen LogP contribution < -0.4 is 5.32 Å². The van der Waals surface area contributed by atoms with Gasteiger partial charge >= 0.3 is 0 Å². The number of carbonyl (C=O) groups is 1. The largest absolute Gasteiger partial charge is 0.358 e. The van der Waals surface area contributed by atoms with Crippen molar-refractivity contribution < 1.29 is 4.79 Å². The van der Waals surface area contributed by atoms with Crippen LogP contribution in [0.5, 0.6) is 0 Å². The Hall–Kier alpha value is -0.570. The number of hydrogen-bond donors (Lipinski definition) is 1. The van der Waals surface area contributed by atoms with E-state index >= 15 is 0 Å². The Morgan fingerprint density at radius 1 is 1.55 bits per heavy atom. The maximum absolute atomic E-state index is 11.2. The molecule has 0 saturated heterocycles. The predicted octanol–water partition coefficient (Wildman–Crippen LogP) is 0.463. The average Bonchev–Trinajstić information content (AvgIpc) is 1.98. The van der Waals surface area contributed by atoms with Crippen LogP contribution in [0.15, 0.2) is 0 Å². The quantitative estimate of drug-likeness (QED) is 0.644. The minimum Gasteiger partial charge on any atom is -0.358 e. The summed E-state index contributed by atoms with van der Waals surface area (Å²) in [6, 6.07) is 0.0324. The van der Waals surface area contributed by atoms with Crippen molar-refractivity contribution in [2.75, 3.05) is 21.1 Å². The van der Waals surface area contributed by atoms with Gasteiger partial charge in [-0.3, -0.25) is 9.69 Å². The molecule has 0 rings (SSSR count). The van der Waals surface area contributed by atoms with Gasteiger partial charge in [-0.15, -0.1) is 0 Å². The monoisotopic (exact) mass is 158 g/mol. The molecule has 0 bridgehead atoms. The van der Waals surface area contributed by atoms with Crippen LogP contribution in [0.2, 0.25) is 0 Å². The first-order chi connectivity index (χ1) is 5.13. The molecule has 1 amide bonds. The van der Waals surface area contributed by atoms with E-state index in [9.17, 15) is 4.79 Å². The first-order valence-corrected chi connectivity index (χ1v) is 4.01. The molecular weight excluding hydrogens is 140 g/mol. The molecule has 0 aromatic heterocycles. The molecule has 0 saturated carbocycles. The summed E-state index contributed by atoms with van der Waals surface area (Å²) in [6.45, 7) is 2.08. The topological polar surface area (TPSA) is 32.3 Å². The zero-order chi connectivity index (χ0) is 8.85. The molecule has 0 aliphatic rings. The summed E-state index contributed by atoms with van der Waals surface area (Å²) in [5.74, 6) is 0.108. The molecule has 1 unspecified atom stereocenters. The van der Waals surface area contributed by atoms with Crippen molar-refractivity contribution in [1.29, 1.82) is 0 Å². The molecule has 0 aromatic carbocycles. The van der Waals surface area contributed by atoms with E-state index in [-0.39, 0.29) is 11.9 Å². The summed E-state index contributed by atoms with van der Waals surface area (Å²) >= 11 is 0. The molecule has 0 fully saturated rings. The van der Waals surface area contributed by atoms with E-state index in [1.165, 1.54) is 0 Å². The van der Waals surface area contributed by atoms with Crippen LogP contribution in [0.4, 0.5) is 0 Å². The van der Waals surface area contributed by atoms with Gasteiger partial charge in [0.05, 0.1) is 6.04 Å². The van der Waals surface area contributed by atoms with Gasteiger partial charge in [-0.25, -0.2) is 0 Å². The van der Waals surface area contributed by atoms with Gasteiger partial charge < -0.3 is 5.32 Å². The first kappa shape index (κ1) is 10.4. The Balaban J connectivity index is 3.98. The fourth-order valence-electron chi connectivity index (χ4n) is 1.06. The fraction of sp³-hybridized carbons (Fsp3) is 0.875. The van der Waals surface area contributed by atoms with Crippen LogP contribution in [-0.4, -0.2) is 38.0 Å². The fourth-order valence-corrected chi connectivity index (χ4v) is 1.06. The lowest BCUT2D eigenvalue weighted by Crippen LogP contribution is -2.41. The molecule has 0 spiro atoms. The van der Waals surface area contributed by atoms with Gasteiger partial charge in [0.1, 0.15) is 0 Å². The van der Waals surface area contributed by atoms with Gasteiger partial charge in [0, 0.05) is 7.05 Å². The summed E-state index contributed by atoms with van der Waals surface area (Å²) in [4.78, 5) is 13.1. The van der Waals surface area contributed by atoms with Gasteiger partial charge in [0.25, 0.3) is 0 Å². The number of hydrogen-bond acceptors (Lipinski definition) is 2. The molecular formula is C8H18N2O. The predicted molar refractivity (Wildman–Crippen MR) is 46.4 cm³/mol. The summed E-state index contributed by atoms with van der Waals surface area (Å²) in [5, 5.41) is 2.65. The van der Waals surface area contributed by atoms with Crippen LogP contribution in [-0.2, 0) is 4.79 Å². The smallest absolute Gasteiger partial charge is 0.237 e. The third-order valence-electron chi connectivity index (χ3n) is 1.73. The second-order valence-electron chi connectivity index (χ2n) is 2.88. The Morgan fingerprint density at radius 3 is 2.36 bits per heavy atom. The van der Waals surface area contributed by atoms with E-state index in [0.717, 1.165) is 12.8 Å². The number of nitrogens with one attached hydrogen (secondary N) is 1. The van der Waals surface area contributed by atoms with Crippen LogP contribution in [0.25, 0.3) is 0 Å². The van der Waals surface area contributed by atoms with E-state index in [4.69, 9.17) is 0 Å². The van der Waals surface area contributed by atoms with E-state index < -0.39 is 0 Å². The molecule has 1 atom stereocenters. The van der Waals surface area contributed by atoms with E-state index in [2.05, 4.69) is 12.2 Å². The van der Waals surface area contributed by atoms with Crippen LogP contribution >= 0.6 is 0 Å². The standard InChI is InChI=1S/C8H18N2O/c1-5-6-7(10(3)4)8(11)9-2/h7H,5-6H2,1-4H3,(H,9,11). The third-order valence-corrected chi connectivity index (χ3v) is 1.73. The minimum absolute atomic E-state index is 0.0324. The summed E-state index contributed by atoms with van der Waals surface area (Å²) < 4.78 is 0. The normalized spacial score (nSPS) is 13.2. The molecule has 66 valence electrons. The summed E-state index contributed by atoms with van der Waals surface area (Å²) in [5.41, 5.74) is 0. The van der Waals surface area contributed by atoms with Crippen molar-refractivity contribution in [3.05, 3.63) is 0 Å². The maximum Gasteiger partial charge on any atom is 0.237 e. The molecule has 3 heteroatoms. The van der Waals surface area contributed by atoms with E-state index in [1.54, 1.807) is 7.05 Å². The molecule has 0 aliphatic heterocycles. The number of rotatable bonds is 4. The van der Waals surface area contributed by atoms with Crippen LogP contribution in [0.3, 0.4) is 0 Å². The Morgan fingerprint density at radius 2 is 2.09 bits per heavy atom. The van der Waals surface area contributed by atoms with E-state index in [1.807, 2.05) is 19.0 Å². The van der Waals surface area contributed by atoms with Gasteiger partial charge in [-0.05, 0) is 20.5 Å². The van der Waals surface area contributed by atoms with Crippen molar-refractivity contribution >= 4 is 5.91 Å². The summed E-state index contributed by atoms with van der Waals surface area (Å²) in [7, 11) is 5.53. The second-order valence-corrected chi connectivity index (χ2v) is 2.88. The van der Waals surface area contributed by atoms with Gasteiger partial charge in [0.2, 0.25) is 5.91 Å². The highest BCUT2D eigenvalue weighted by Gasteiger charge is 2.17. The Labute approximate surface area is 68.8 Å². The first-order valence-electron chi connectivity index (χ1n) is 4.01. The highest BCUT2D eigenvalue weighted by Crippen LogP contribution is 2.02. The second kappa shape index (κ2) is 5.13. The van der Waals surface area contributed by atoms with Crippen LogP contribution in [0.1, 0.15) is 19.8 Å². The summed E-state index contributed by atoms with van der Waals surface area (Å²) in [6.07, 6.45) is 1.96. The molecule has 0 aliphatic carbocycles. The highest BCUT2D eigenvalue weighted by atomic mass is 16.2. The zero-order valence-electron chi connectivity index (χ0n) is 7.85. The molecule has 11 heavy (non-hydrogen) atoms. The van der Waals surface area contributed by atoms with Crippen molar-refractivity contribution in [3.63, 3.8) is 0 Å². The van der Waals surface area contributed by atoms with Gasteiger partial charge in [0.15, 0.2) is 0 Å². The minimum atomic E-state index is 0.0324. The zero-order valence-corrected chi connectivity index (χ0v) is 7.85. The molecule has 0 aromatic rings. The average molecular weight is 158 g/mol. The lowest BCUT2D eigenvalue weighted by atomic mass is 10.1. The molecule has 0 radical (unpaired) electrons. The van der Waals surface area contributed by atoms with Crippen molar-refractivity contribution in [3.8, 4) is 0 Å². The molecule has 0 heterocycles. The molecule has 3 nitrogen and oxygen atoms in total. The van der Waals surface area contributed by atoms with E-state index in [0.29, 0.717) is 0 Å². The molecule has 1 N–H and O–H groups in total. The number of nitrogens with zero attached hydrogens (tertiary/aromatic N) is 1. The lowest BCUT2D eigenvalue weighted by molar-refractivity contribution is -0.125. The van der Waals surface area contributed by atoms with Gasteiger partial charge in [-0.1, -0.05) is 13.3 Å². The van der Waals surface area contributed by atoms with Crippen molar-refractivity contribution in [1.82, 2.24) is 10.2 Å². The third kappa shape index (κ3) is 3.37. The Bertz CT molecular complexity index is 123. The van der Waals surface area contributed by atoms with Crippen LogP contribution in [0, 0.1) is 0 Å². The van der Waals surface area contributed by atoms with Crippen molar-refractivity contribution in [2.24, 2.45) is 0 Å². The maximum atomic E-state index is 11.2. The number of carbonyl (C=O) groups excluding carboxylic acids is 1. The lowest BCUT2D eigenvalue weighted by Gasteiger charge is -2.21. The Kier molecular flexibility index (Phi) is 4.86. The highest BCUT2D eigenvalue weighted by molar-refractivity contribution is 5.81. The van der Waals surface area contributed by atoms with Crippen molar-refractivity contribution in [2.45, 2.75) is 25.8 Å². The van der Waals surface area contributed by atoms with Gasteiger partial charge in [-0.2, -0.15) is 0 Å². The SMILES string of the molecule is CCCC(C(=O)NC)N(C)C. The number of likely N-dealkylation sites (N-methyl/N-ethyl adjacent to an activating group) is 2.